The molecular weight excluding hydrogens is 1810 g/mol. The molecule has 0 saturated carbocycles. The van der Waals surface area contributed by atoms with E-state index >= 15 is 0 Å². The van der Waals surface area contributed by atoms with Crippen molar-refractivity contribution in [3.63, 3.8) is 0 Å². The van der Waals surface area contributed by atoms with Crippen LogP contribution in [0, 0.1) is 58.4 Å². The van der Waals surface area contributed by atoms with E-state index in [1.165, 1.54) is 26.5 Å². The van der Waals surface area contributed by atoms with Gasteiger partial charge in [-0.1, -0.05) is 58.9 Å². The molecule has 16 rings (SSSR count). The summed E-state index contributed by atoms with van der Waals surface area (Å²) in [5.41, 5.74) is -0.570. The number of aromatic nitrogens is 8. The van der Waals surface area contributed by atoms with Gasteiger partial charge in [0.15, 0.2) is 69.3 Å². The number of fused-ring (bicyclic) bond motifs is 4. The Bertz CT molecular complexity index is 5730. The number of hydrogen-bond acceptors (Lipinski definition) is 12. The van der Waals surface area contributed by atoms with Crippen molar-refractivity contribution < 1.29 is 126 Å². The van der Waals surface area contributed by atoms with Crippen molar-refractivity contribution in [1.82, 2.24) is 80.0 Å². The molecule has 4 aromatic carbocycles. The van der Waals surface area contributed by atoms with Crippen LogP contribution in [0.2, 0.25) is 0 Å². The molecular formula is C90H96F20N16O8. The quantitative estimate of drug-likeness (QED) is 0.0831. The summed E-state index contributed by atoms with van der Waals surface area (Å²) in [7, 11) is 0. The Morgan fingerprint density at radius 1 is 0.336 bits per heavy atom. The molecule has 4 saturated heterocycles. The predicted molar refractivity (Wildman–Crippen MR) is 438 cm³/mol. The molecule has 8 amide bonds. The van der Waals surface area contributed by atoms with Crippen LogP contribution < -0.4 is 0 Å². The van der Waals surface area contributed by atoms with E-state index in [0.29, 0.717) is 138 Å². The van der Waals surface area contributed by atoms with Crippen LogP contribution in [0.15, 0.2) is 48.5 Å². The highest BCUT2D eigenvalue weighted by Gasteiger charge is 2.47. The summed E-state index contributed by atoms with van der Waals surface area (Å²) in [5.74, 6) is -17.6. The number of rotatable bonds is 12. The second kappa shape index (κ2) is 40.3. The van der Waals surface area contributed by atoms with Crippen molar-refractivity contribution >= 4 is 47.3 Å². The smallest absolute Gasteiger partial charge is 0.337 e. The van der Waals surface area contributed by atoms with Gasteiger partial charge in [-0.15, -0.1) is 0 Å². The molecule has 0 aliphatic carbocycles. The number of alkyl halides is 12. The number of nitrogens with one attached hydrogen (secondary N) is 4. The predicted octanol–water partition coefficient (Wildman–Crippen LogP) is 16.6. The SMILES string of the molecule is CC(=O)N1CCc2c(C(=O)N3CCC(c4ccc(F)c(F)c4C(F)(F)F)CC3)n[nH]c2C1.CC(C)C(=O)N1CCc2c(C(=O)N3CCC(c4ccc(F)c(F)c4C(F)(F)F)CC3)n[nH]c2C1.CC(C)CC(=O)N1CCc2c(C(=O)N3CCC(c4ccc(F)c(F)c4C(F)(F)F)CC3)n[nH]c2C1.CCC(=O)N1CCc2c(C(=O)N3CCC(c4ccc(F)c(F)c4C(F)(F)F)CC3)n[nH]c2C1. The van der Waals surface area contributed by atoms with Crippen LogP contribution in [0.5, 0.6) is 0 Å². The first-order valence-electron chi connectivity index (χ1n) is 43.9. The van der Waals surface area contributed by atoms with Crippen molar-refractivity contribution in [1.29, 1.82) is 0 Å². The Hall–Kier alpha value is -11.9. The Morgan fingerprint density at radius 3 is 0.799 bits per heavy atom. The van der Waals surface area contributed by atoms with Crippen molar-refractivity contribution in [3.8, 4) is 0 Å². The summed E-state index contributed by atoms with van der Waals surface area (Å²) < 4.78 is 271. The summed E-state index contributed by atoms with van der Waals surface area (Å²) in [6.07, 6.45) is -15.8. The Balaban J connectivity index is 0.000000152. The van der Waals surface area contributed by atoms with Crippen LogP contribution in [-0.4, -0.2) is 206 Å². The topological polar surface area (TPSA) is 277 Å². The maximum absolute atomic E-state index is 14.0. The maximum atomic E-state index is 14.0. The molecule has 0 radical (unpaired) electrons. The number of hydrogen-bond donors (Lipinski definition) is 4. The number of likely N-dealkylation sites (tertiary alicyclic amines) is 4. The Kier molecular flexibility index (Phi) is 30.0. The lowest BCUT2D eigenvalue weighted by atomic mass is 9.85. The van der Waals surface area contributed by atoms with Gasteiger partial charge < -0.3 is 39.2 Å². The van der Waals surface area contributed by atoms with E-state index in [4.69, 9.17) is 0 Å². The molecule has 0 bridgehead atoms. The average molecular weight is 1910 g/mol. The maximum Gasteiger partial charge on any atom is 0.419 e. The van der Waals surface area contributed by atoms with Gasteiger partial charge in [0.05, 0.1) is 71.2 Å². The van der Waals surface area contributed by atoms with E-state index in [-0.39, 0.29) is 208 Å². The molecule has 0 spiro atoms. The third kappa shape index (κ3) is 21.4. The zero-order valence-corrected chi connectivity index (χ0v) is 73.5. The molecule has 0 atom stereocenters. The second-order valence-corrected chi connectivity index (χ2v) is 35.1. The largest absolute Gasteiger partial charge is 0.419 e. The van der Waals surface area contributed by atoms with E-state index in [2.05, 4.69) is 40.8 Å². The number of halogens is 20. The van der Waals surface area contributed by atoms with E-state index < -0.39 is 117 Å². The van der Waals surface area contributed by atoms with E-state index in [0.717, 1.165) is 46.5 Å². The van der Waals surface area contributed by atoms with Gasteiger partial charge >= 0.3 is 24.7 Å². The lowest BCUT2D eigenvalue weighted by molar-refractivity contribution is -0.142. The molecule has 0 unspecified atom stereocenters. The summed E-state index contributed by atoms with van der Waals surface area (Å²) in [5, 5.41) is 27.9. The van der Waals surface area contributed by atoms with Gasteiger partial charge in [0.25, 0.3) is 23.6 Å². The molecule has 4 aromatic heterocycles. The van der Waals surface area contributed by atoms with Crippen LogP contribution in [0.4, 0.5) is 87.8 Å². The third-order valence-electron chi connectivity index (χ3n) is 25.9. The first-order valence-corrected chi connectivity index (χ1v) is 43.9. The summed E-state index contributed by atoms with van der Waals surface area (Å²) in [6.45, 7) is 15.5. The molecule has 4 N–H and O–H groups in total. The second-order valence-electron chi connectivity index (χ2n) is 35.1. The van der Waals surface area contributed by atoms with Crippen molar-refractivity contribution in [2.24, 2.45) is 11.8 Å². The highest BCUT2D eigenvalue weighted by molar-refractivity contribution is 5.96. The van der Waals surface area contributed by atoms with E-state index in [9.17, 15) is 126 Å². The summed E-state index contributed by atoms with van der Waals surface area (Å²) in [4.78, 5) is 113. The van der Waals surface area contributed by atoms with Gasteiger partial charge in [-0.3, -0.25) is 58.8 Å². The fraction of sp³-hybridized carbons (Fsp3) is 0.511. The number of nitrogens with zero attached hydrogens (tertiary/aromatic N) is 12. The zero-order chi connectivity index (χ0) is 97.4. The molecule has 8 aliphatic rings. The third-order valence-corrected chi connectivity index (χ3v) is 25.9. The van der Waals surface area contributed by atoms with Crippen LogP contribution in [0.25, 0.3) is 0 Å². The fourth-order valence-corrected chi connectivity index (χ4v) is 18.9. The van der Waals surface area contributed by atoms with Crippen LogP contribution >= 0.6 is 0 Å². The molecule has 8 aliphatic heterocycles. The van der Waals surface area contributed by atoms with Gasteiger partial charge in [-0.05, 0) is 153 Å². The fourth-order valence-electron chi connectivity index (χ4n) is 18.9. The first-order chi connectivity index (χ1) is 63.1. The molecule has 724 valence electrons. The van der Waals surface area contributed by atoms with Gasteiger partial charge in [0.2, 0.25) is 23.6 Å². The highest BCUT2D eigenvalue weighted by Crippen LogP contribution is 2.47. The van der Waals surface area contributed by atoms with E-state index in [1.54, 1.807) is 26.5 Å². The van der Waals surface area contributed by atoms with Gasteiger partial charge in [-0.2, -0.15) is 73.1 Å². The molecule has 134 heavy (non-hydrogen) atoms. The first kappa shape index (κ1) is 99.6. The Morgan fingerprint density at radius 2 is 0.567 bits per heavy atom. The van der Waals surface area contributed by atoms with Crippen molar-refractivity contribution in [3.05, 3.63) is 207 Å². The number of H-pyrrole nitrogens is 4. The normalized spacial score (nSPS) is 17.3. The lowest BCUT2D eigenvalue weighted by Gasteiger charge is -2.33. The van der Waals surface area contributed by atoms with Crippen molar-refractivity contribution in [2.75, 3.05) is 78.5 Å². The molecule has 24 nitrogen and oxygen atoms in total. The number of carbonyl (C=O) groups excluding carboxylic acids is 8. The standard InChI is InChI=1S/C24H27F5N4O2.C23H25F5N4O2.C22H23F5N4O2.C21H21F5N4O2/c1-13(2)11-19(34)33-10-7-16-18(12-33)30-31-22(16)23(35)32-8-5-14(6-9-32)15-3-4-17(25)21(26)20(15)24(27,28)29;1-12(2)21(33)32-10-7-15-17(11-32)29-30-20(15)22(34)31-8-5-13(6-9-31)14-3-4-16(24)19(25)18(14)23(26,27)28;1-2-17(32)31-10-7-14-16(11-31)28-29-20(14)21(33)30-8-5-12(6-9-30)13-3-4-15(23)19(24)18(13)22(25,26)27;1-11(31)30-9-6-14-16(10-30)27-28-19(14)20(32)29-7-4-12(5-8-29)13-2-3-15(22)18(23)17(13)21(24,25)26/h3-4,13-14H,5-12H2,1-2H3,(H,30,31);3-4,12-13H,5-11H2,1-2H3,(H,29,30);3-4,12H,2,5-11H2,1H3,(H,28,29);2-3,12H,4-10H2,1H3,(H,27,28). The van der Waals surface area contributed by atoms with Crippen LogP contribution in [-0.2, 0) is 95.7 Å². The molecule has 8 aromatic rings. The highest BCUT2D eigenvalue weighted by atomic mass is 19.4. The van der Waals surface area contributed by atoms with E-state index in [1.807, 2.05) is 27.7 Å². The zero-order valence-electron chi connectivity index (χ0n) is 73.5. The number of benzene rings is 4. The average Bonchev–Trinajstić information content (AvgIpc) is 1.35. The van der Waals surface area contributed by atoms with Gasteiger partial charge in [0, 0.05) is 126 Å². The minimum absolute atomic E-state index is 0.0145. The molecule has 4 fully saturated rings. The van der Waals surface area contributed by atoms with Crippen molar-refractivity contribution in [2.45, 2.75) is 206 Å². The number of piperidine rings is 4. The summed E-state index contributed by atoms with van der Waals surface area (Å²) in [6, 6.07) is 6.77. The lowest BCUT2D eigenvalue weighted by Crippen LogP contribution is -2.40. The van der Waals surface area contributed by atoms with Gasteiger partial charge in [0.1, 0.15) is 0 Å². The minimum Gasteiger partial charge on any atom is -0.337 e. The van der Waals surface area contributed by atoms with Crippen LogP contribution in [0.3, 0.4) is 0 Å². The van der Waals surface area contributed by atoms with Crippen LogP contribution in [0.1, 0.15) is 261 Å². The molecule has 12 heterocycles. The summed E-state index contributed by atoms with van der Waals surface area (Å²) >= 11 is 0. The Labute approximate surface area is 754 Å². The number of aromatic amines is 4. The monoisotopic (exact) mass is 1910 g/mol. The molecule has 44 heteroatoms. The van der Waals surface area contributed by atoms with Gasteiger partial charge in [-0.25, -0.2) is 35.1 Å². The number of carbonyl (C=O) groups is 8. The minimum atomic E-state index is -5.02. The number of amides is 8.